The number of fused-ring (bicyclic) bond motifs is 3. The molecule has 0 unspecified atom stereocenters. The second-order valence-electron chi connectivity index (χ2n) is 16.4. The van der Waals surface area contributed by atoms with Crippen molar-refractivity contribution in [1.29, 1.82) is 0 Å². The van der Waals surface area contributed by atoms with Crippen molar-refractivity contribution in [3.05, 3.63) is 47.7 Å². The molecule has 0 aliphatic carbocycles. The highest BCUT2D eigenvalue weighted by Crippen LogP contribution is 2.43. The number of hydrogen-bond acceptors (Lipinski definition) is 9. The Morgan fingerprint density at radius 1 is 1.02 bits per heavy atom. The predicted molar refractivity (Wildman–Crippen MR) is 219 cm³/mol. The van der Waals surface area contributed by atoms with E-state index in [4.69, 9.17) is 24.2 Å². The van der Waals surface area contributed by atoms with E-state index < -0.39 is 42.2 Å². The molecule has 0 N–H and O–H groups in total. The fourth-order valence-electron chi connectivity index (χ4n) is 9.55. The minimum absolute atomic E-state index is 0.0245. The summed E-state index contributed by atoms with van der Waals surface area (Å²) < 4.78 is 78.0. The van der Waals surface area contributed by atoms with Crippen molar-refractivity contribution < 1.29 is 31.6 Å². The number of halogens is 3. The Balaban J connectivity index is 1.42. The van der Waals surface area contributed by atoms with Crippen LogP contribution in [0.15, 0.2) is 30.5 Å². The number of benzene rings is 2. The van der Waals surface area contributed by atoms with Crippen LogP contribution < -0.4 is 14.4 Å². The number of alkyl halides is 1. The average molecular weight is 808 g/mol. The Kier molecular flexibility index (Phi) is 11.7. The number of methoxy groups -OCH3 is 1. The molecule has 2 aromatic heterocycles. The van der Waals surface area contributed by atoms with E-state index in [0.29, 0.717) is 87.5 Å². The van der Waals surface area contributed by atoms with Crippen molar-refractivity contribution >= 4 is 46.4 Å². The highest BCUT2D eigenvalue weighted by molar-refractivity contribution is 7.85. The van der Waals surface area contributed by atoms with Crippen molar-refractivity contribution in [3.8, 4) is 34.5 Å². The van der Waals surface area contributed by atoms with Crippen LogP contribution in [0.4, 0.5) is 19.0 Å². The topological polar surface area (TPSA) is 89.9 Å². The fourth-order valence-corrected chi connectivity index (χ4v) is 15.8. The number of anilines is 1. The van der Waals surface area contributed by atoms with Gasteiger partial charge in [0.05, 0.1) is 16.5 Å². The molecule has 3 fully saturated rings. The standard InChI is InChI=1S/C42H52F3N5O4SSi/c1-26(2)56(27(3)4,28(5)6)18-11-32-35(44)10-9-29-19-31(54-25-52-7)20-33(36(29)32)38-37(45)39-34(22-46-38)40(49-14-16-55(51)17-15-49)48-41(47-39)53-24-42-12-8-13-50(42)23-30(43)21-42/h9-10,19-20,22,26-28,30H,8,12-17,21,23-25H2,1-7H3/t30-,42+/m1/s1. The van der Waals surface area contributed by atoms with Gasteiger partial charge < -0.3 is 19.1 Å². The molecule has 3 aliphatic heterocycles. The second-order valence-corrected chi connectivity index (χ2v) is 23.7. The van der Waals surface area contributed by atoms with E-state index >= 15 is 8.78 Å². The van der Waals surface area contributed by atoms with Gasteiger partial charge in [-0.3, -0.25) is 14.1 Å². The summed E-state index contributed by atoms with van der Waals surface area (Å²) in [6, 6.07) is 6.40. The molecule has 2 aromatic carbocycles. The van der Waals surface area contributed by atoms with Gasteiger partial charge in [-0.05, 0) is 59.6 Å². The first-order valence-electron chi connectivity index (χ1n) is 19.7. The first-order valence-corrected chi connectivity index (χ1v) is 23.4. The third-order valence-electron chi connectivity index (χ3n) is 12.3. The van der Waals surface area contributed by atoms with Crippen LogP contribution in [-0.2, 0) is 15.5 Å². The number of rotatable bonds is 11. The third-order valence-corrected chi connectivity index (χ3v) is 19.8. The van der Waals surface area contributed by atoms with Gasteiger partial charge in [0.1, 0.15) is 49.4 Å². The van der Waals surface area contributed by atoms with E-state index in [9.17, 15) is 8.60 Å². The molecular weight excluding hydrogens is 756 g/mol. The summed E-state index contributed by atoms with van der Waals surface area (Å²) in [5, 5.41) is 1.38. The summed E-state index contributed by atoms with van der Waals surface area (Å²) in [4.78, 5) is 18.2. The number of nitrogens with zero attached hydrogens (tertiary/aromatic N) is 5. The van der Waals surface area contributed by atoms with Crippen LogP contribution >= 0.6 is 0 Å². The van der Waals surface area contributed by atoms with Crippen LogP contribution in [0, 0.1) is 23.1 Å². The van der Waals surface area contributed by atoms with Crippen molar-refractivity contribution in [3.63, 3.8) is 0 Å². The smallest absolute Gasteiger partial charge is 0.319 e. The molecule has 300 valence electrons. The van der Waals surface area contributed by atoms with Gasteiger partial charge in [-0.1, -0.05) is 53.5 Å². The van der Waals surface area contributed by atoms with E-state index in [-0.39, 0.29) is 36.2 Å². The monoisotopic (exact) mass is 807 g/mol. The van der Waals surface area contributed by atoms with Crippen LogP contribution in [0.2, 0.25) is 16.6 Å². The zero-order chi connectivity index (χ0) is 39.9. The lowest BCUT2D eigenvalue weighted by Crippen LogP contribution is -2.43. The molecule has 9 nitrogen and oxygen atoms in total. The first kappa shape index (κ1) is 40.4. The Morgan fingerprint density at radius 3 is 2.45 bits per heavy atom. The summed E-state index contributed by atoms with van der Waals surface area (Å²) in [7, 11) is -1.75. The van der Waals surface area contributed by atoms with Gasteiger partial charge in [-0.2, -0.15) is 9.97 Å². The van der Waals surface area contributed by atoms with Crippen molar-refractivity contribution in [2.24, 2.45) is 0 Å². The molecule has 14 heteroatoms. The SMILES string of the molecule is COCOc1cc(-c2ncc3c(N4CCS(=O)CC4)nc(OC[C@@]45CCCN4C[C@H](F)C5)nc3c2F)c2c(C#C[Si](C(C)C)(C(C)C)C(C)C)c(F)ccc2c1. The summed E-state index contributed by atoms with van der Waals surface area (Å²) in [6.07, 6.45) is 2.69. The van der Waals surface area contributed by atoms with Crippen molar-refractivity contribution in [2.75, 3.05) is 63.1 Å². The zero-order valence-corrected chi connectivity index (χ0v) is 35.2. The van der Waals surface area contributed by atoms with E-state index in [1.54, 1.807) is 18.2 Å². The lowest BCUT2D eigenvalue weighted by molar-refractivity contribution is 0.0512. The molecular formula is C42H52F3N5O4SSi. The number of hydrogen-bond donors (Lipinski definition) is 0. The summed E-state index contributed by atoms with van der Waals surface area (Å²) in [5.74, 6) is 3.74. The maximum absolute atomic E-state index is 17.5. The van der Waals surface area contributed by atoms with Gasteiger partial charge in [0.2, 0.25) is 0 Å². The molecule has 0 bridgehead atoms. The first-order chi connectivity index (χ1) is 26.8. The van der Waals surface area contributed by atoms with Crippen LogP contribution in [-0.4, -0.2) is 102 Å². The Hall–Kier alpha value is -3.77. The molecule has 0 spiro atoms. The van der Waals surface area contributed by atoms with Gasteiger partial charge >= 0.3 is 6.01 Å². The third kappa shape index (κ3) is 7.40. The minimum atomic E-state index is -2.29. The molecule has 4 aromatic rings. The molecule has 7 rings (SSSR count). The Labute approximate surface area is 331 Å². The molecule has 2 atom stereocenters. The fraction of sp³-hybridized carbons (Fsp3) is 0.548. The Morgan fingerprint density at radius 2 is 1.75 bits per heavy atom. The minimum Gasteiger partial charge on any atom is -0.468 e. The highest BCUT2D eigenvalue weighted by atomic mass is 32.2. The maximum atomic E-state index is 17.5. The predicted octanol–water partition coefficient (Wildman–Crippen LogP) is 8.20. The van der Waals surface area contributed by atoms with E-state index in [0.717, 1.165) is 19.4 Å². The van der Waals surface area contributed by atoms with Crippen LogP contribution in [0.25, 0.3) is 32.9 Å². The van der Waals surface area contributed by atoms with E-state index in [2.05, 4.69) is 62.9 Å². The molecule has 3 aliphatic rings. The van der Waals surface area contributed by atoms with Gasteiger partial charge in [-0.25, -0.2) is 13.2 Å². The van der Waals surface area contributed by atoms with Gasteiger partial charge in [-0.15, -0.1) is 5.54 Å². The highest BCUT2D eigenvalue weighted by Gasteiger charge is 2.49. The number of ether oxygens (including phenoxy) is 3. The van der Waals surface area contributed by atoms with Crippen molar-refractivity contribution in [2.45, 2.75) is 89.1 Å². The second kappa shape index (κ2) is 16.2. The average Bonchev–Trinajstić information content (AvgIpc) is 3.69. The van der Waals surface area contributed by atoms with E-state index in [1.165, 1.54) is 19.4 Å². The Bertz CT molecular complexity index is 2180. The van der Waals surface area contributed by atoms with Gasteiger partial charge in [0, 0.05) is 72.6 Å². The normalized spacial score (nSPS) is 20.7. The molecule has 56 heavy (non-hydrogen) atoms. The number of aromatic nitrogens is 3. The van der Waals surface area contributed by atoms with Gasteiger partial charge in [0.25, 0.3) is 0 Å². The van der Waals surface area contributed by atoms with Crippen LogP contribution in [0.1, 0.15) is 66.4 Å². The summed E-state index contributed by atoms with van der Waals surface area (Å²) >= 11 is 0. The maximum Gasteiger partial charge on any atom is 0.319 e. The van der Waals surface area contributed by atoms with E-state index in [1.807, 2.05) is 4.90 Å². The quantitative estimate of drug-likeness (QED) is 0.0846. The van der Waals surface area contributed by atoms with Crippen LogP contribution in [0.3, 0.4) is 0 Å². The van der Waals surface area contributed by atoms with Crippen molar-refractivity contribution in [1.82, 2.24) is 19.9 Å². The largest absolute Gasteiger partial charge is 0.468 e. The van der Waals surface area contributed by atoms with Crippen LogP contribution in [0.5, 0.6) is 11.8 Å². The number of pyridine rings is 1. The summed E-state index contributed by atoms with van der Waals surface area (Å²) in [6.45, 7) is 15.4. The summed E-state index contributed by atoms with van der Waals surface area (Å²) in [5.41, 5.74) is 4.51. The van der Waals surface area contributed by atoms with Gasteiger partial charge in [0.15, 0.2) is 12.6 Å². The molecule has 0 radical (unpaired) electrons. The lowest BCUT2D eigenvalue weighted by Gasteiger charge is -2.38. The molecule has 0 amide bonds. The zero-order valence-electron chi connectivity index (χ0n) is 33.4. The molecule has 3 saturated heterocycles. The molecule has 0 saturated carbocycles. The molecule has 5 heterocycles. The lowest BCUT2D eigenvalue weighted by atomic mass is 9.95.